The van der Waals surface area contributed by atoms with Gasteiger partial charge in [-0.15, -0.1) is 0 Å². The van der Waals surface area contributed by atoms with Crippen LogP contribution in [0.5, 0.6) is 5.75 Å². The largest absolute Gasteiger partial charge is 0.492 e. The molecule has 0 fully saturated rings. The second-order valence-corrected chi connectivity index (χ2v) is 4.92. The molecule has 1 heterocycles. The minimum absolute atomic E-state index is 0.652. The van der Waals surface area contributed by atoms with Gasteiger partial charge in [-0.25, -0.2) is 0 Å². The number of hydrogen-bond acceptors (Lipinski definition) is 2. The summed E-state index contributed by atoms with van der Waals surface area (Å²) in [5.74, 6) is 0.781. The maximum absolute atomic E-state index is 6.18. The zero-order valence-electron chi connectivity index (χ0n) is 10.9. The molecule has 0 N–H and O–H groups in total. The fraction of sp³-hybridized carbons (Fsp3) is 0.467. The molecular formula is C15H20ClNO. The van der Waals surface area contributed by atoms with E-state index in [1.54, 1.807) is 0 Å². The summed E-state index contributed by atoms with van der Waals surface area (Å²) in [5.41, 5.74) is 1.28. The van der Waals surface area contributed by atoms with Crippen LogP contribution >= 0.6 is 11.6 Å². The lowest BCUT2D eigenvalue weighted by molar-refractivity contribution is 0.302. The number of halogens is 1. The Balaban J connectivity index is 1.89. The molecule has 0 aliphatic carbocycles. The average molecular weight is 266 g/mol. The highest BCUT2D eigenvalue weighted by molar-refractivity contribution is 6.32. The molecule has 0 bridgehead atoms. The molecule has 18 heavy (non-hydrogen) atoms. The molecule has 1 aromatic carbocycles. The van der Waals surface area contributed by atoms with Gasteiger partial charge in [-0.05, 0) is 37.5 Å². The summed E-state index contributed by atoms with van der Waals surface area (Å²) < 4.78 is 5.43. The van der Waals surface area contributed by atoms with Gasteiger partial charge in [0.05, 0.1) is 11.6 Å². The van der Waals surface area contributed by atoms with Crippen LogP contribution in [0.2, 0.25) is 5.02 Å². The Hall–Kier alpha value is -0.990. The first-order chi connectivity index (χ1) is 8.79. The molecule has 0 amide bonds. The molecule has 0 saturated heterocycles. The first kappa shape index (κ1) is 13.4. The van der Waals surface area contributed by atoms with E-state index in [1.807, 2.05) is 19.1 Å². The third kappa shape index (κ3) is 3.76. The van der Waals surface area contributed by atoms with E-state index < -0.39 is 0 Å². The topological polar surface area (TPSA) is 12.5 Å². The number of rotatable bonds is 5. The van der Waals surface area contributed by atoms with Gasteiger partial charge in [-0.1, -0.05) is 29.8 Å². The van der Waals surface area contributed by atoms with Crippen molar-refractivity contribution in [1.82, 2.24) is 4.90 Å². The van der Waals surface area contributed by atoms with E-state index in [0.29, 0.717) is 11.6 Å². The molecular weight excluding hydrogens is 246 g/mol. The summed E-state index contributed by atoms with van der Waals surface area (Å²) >= 11 is 6.18. The highest BCUT2D eigenvalue weighted by atomic mass is 35.5. The molecule has 2 rings (SSSR count). The summed E-state index contributed by atoms with van der Waals surface area (Å²) in [7, 11) is 0. The summed E-state index contributed by atoms with van der Waals surface area (Å²) in [6, 6.07) is 6.10. The van der Waals surface area contributed by atoms with Crippen molar-refractivity contribution in [3.63, 3.8) is 0 Å². The maximum atomic E-state index is 6.18. The van der Waals surface area contributed by atoms with Crippen LogP contribution in [0.15, 0.2) is 30.4 Å². The van der Waals surface area contributed by atoms with E-state index in [2.05, 4.69) is 23.1 Å². The zero-order chi connectivity index (χ0) is 12.8. The summed E-state index contributed by atoms with van der Waals surface area (Å²) in [6.07, 6.45) is 6.71. The maximum Gasteiger partial charge on any atom is 0.137 e. The van der Waals surface area contributed by atoms with Gasteiger partial charge in [-0.3, -0.25) is 4.90 Å². The molecule has 0 atom stereocenters. The molecule has 1 aliphatic heterocycles. The molecule has 0 saturated carbocycles. The average Bonchev–Trinajstić information content (AvgIpc) is 2.41. The second-order valence-electron chi connectivity index (χ2n) is 4.51. The quantitative estimate of drug-likeness (QED) is 0.755. The van der Waals surface area contributed by atoms with Crippen molar-refractivity contribution >= 4 is 11.6 Å². The predicted octanol–water partition coefficient (Wildman–Crippen LogP) is 3.54. The molecule has 0 radical (unpaired) electrons. The van der Waals surface area contributed by atoms with Gasteiger partial charge in [0.2, 0.25) is 0 Å². The van der Waals surface area contributed by atoms with E-state index >= 15 is 0 Å². The van der Waals surface area contributed by atoms with Crippen molar-refractivity contribution in [3.05, 3.63) is 40.9 Å². The lowest BCUT2D eigenvalue weighted by Gasteiger charge is -2.22. The molecule has 0 aromatic heterocycles. The highest BCUT2D eigenvalue weighted by Crippen LogP contribution is 2.25. The summed E-state index contributed by atoms with van der Waals surface area (Å²) in [4.78, 5) is 2.46. The fourth-order valence-electron chi connectivity index (χ4n) is 2.15. The first-order valence-corrected chi connectivity index (χ1v) is 6.96. The molecule has 3 heteroatoms. The van der Waals surface area contributed by atoms with Crippen LogP contribution in [0.3, 0.4) is 0 Å². The second kappa shape index (κ2) is 6.81. The van der Waals surface area contributed by atoms with Crippen LogP contribution in [0, 0.1) is 0 Å². The normalized spacial score (nSPS) is 15.9. The SMILES string of the molecule is CCOc1ccc(CCN2CC=CCC2)cc1Cl. The van der Waals surface area contributed by atoms with E-state index in [-0.39, 0.29) is 0 Å². The zero-order valence-corrected chi connectivity index (χ0v) is 11.6. The molecule has 0 unspecified atom stereocenters. The minimum atomic E-state index is 0.652. The number of benzene rings is 1. The third-order valence-corrected chi connectivity index (χ3v) is 3.45. The Kier molecular flexibility index (Phi) is 5.09. The molecule has 1 aromatic rings. The molecule has 0 spiro atoms. The van der Waals surface area contributed by atoms with Crippen LogP contribution in [-0.4, -0.2) is 31.1 Å². The van der Waals surface area contributed by atoms with Crippen LogP contribution < -0.4 is 4.74 Å². The van der Waals surface area contributed by atoms with E-state index in [9.17, 15) is 0 Å². The first-order valence-electron chi connectivity index (χ1n) is 6.58. The standard InChI is InChI=1S/C15H20ClNO/c1-2-18-15-7-6-13(12-14(15)16)8-11-17-9-4-3-5-10-17/h3-4,6-7,12H,2,5,8-11H2,1H3. The van der Waals surface area contributed by atoms with E-state index in [0.717, 1.165) is 25.3 Å². The van der Waals surface area contributed by atoms with Crippen molar-refractivity contribution in [2.45, 2.75) is 19.8 Å². The van der Waals surface area contributed by atoms with Gasteiger partial charge in [-0.2, -0.15) is 0 Å². The molecule has 2 nitrogen and oxygen atoms in total. The highest BCUT2D eigenvalue weighted by Gasteiger charge is 2.07. The van der Waals surface area contributed by atoms with Gasteiger partial charge >= 0.3 is 0 Å². The molecule has 98 valence electrons. The van der Waals surface area contributed by atoms with Gasteiger partial charge in [0.1, 0.15) is 5.75 Å². The molecule has 1 aliphatic rings. The van der Waals surface area contributed by atoms with Crippen molar-refractivity contribution in [3.8, 4) is 5.75 Å². The van der Waals surface area contributed by atoms with Crippen LogP contribution in [0.4, 0.5) is 0 Å². The van der Waals surface area contributed by atoms with Crippen LogP contribution in [-0.2, 0) is 6.42 Å². The van der Waals surface area contributed by atoms with Gasteiger partial charge in [0.15, 0.2) is 0 Å². The summed E-state index contributed by atoms with van der Waals surface area (Å²) in [5, 5.41) is 0.716. The van der Waals surface area contributed by atoms with Crippen molar-refractivity contribution in [2.24, 2.45) is 0 Å². The Bertz CT molecular complexity index is 417. The number of ether oxygens (including phenoxy) is 1. The lowest BCUT2D eigenvalue weighted by atomic mass is 10.1. The van der Waals surface area contributed by atoms with Crippen molar-refractivity contribution < 1.29 is 4.74 Å². The van der Waals surface area contributed by atoms with Crippen LogP contribution in [0.25, 0.3) is 0 Å². The summed E-state index contributed by atoms with van der Waals surface area (Å²) in [6.45, 7) is 5.95. The minimum Gasteiger partial charge on any atom is -0.492 e. The Labute approximate surface area is 114 Å². The van der Waals surface area contributed by atoms with Crippen molar-refractivity contribution in [2.75, 3.05) is 26.2 Å². The Morgan fingerprint density at radius 3 is 2.89 bits per heavy atom. The van der Waals surface area contributed by atoms with E-state index in [4.69, 9.17) is 16.3 Å². The van der Waals surface area contributed by atoms with Crippen molar-refractivity contribution in [1.29, 1.82) is 0 Å². The van der Waals surface area contributed by atoms with Gasteiger partial charge in [0, 0.05) is 19.6 Å². The Morgan fingerprint density at radius 2 is 2.22 bits per heavy atom. The fourth-order valence-corrected chi connectivity index (χ4v) is 2.41. The number of nitrogens with zero attached hydrogens (tertiary/aromatic N) is 1. The van der Waals surface area contributed by atoms with Gasteiger partial charge < -0.3 is 4.74 Å². The van der Waals surface area contributed by atoms with Crippen LogP contribution in [0.1, 0.15) is 18.9 Å². The van der Waals surface area contributed by atoms with Gasteiger partial charge in [0.25, 0.3) is 0 Å². The number of hydrogen-bond donors (Lipinski definition) is 0. The Morgan fingerprint density at radius 1 is 1.33 bits per heavy atom. The third-order valence-electron chi connectivity index (χ3n) is 3.16. The lowest BCUT2D eigenvalue weighted by Crippen LogP contribution is -2.29. The smallest absolute Gasteiger partial charge is 0.137 e. The van der Waals surface area contributed by atoms with E-state index in [1.165, 1.54) is 18.5 Å². The monoisotopic (exact) mass is 265 g/mol. The predicted molar refractivity (Wildman–Crippen MR) is 76.5 cm³/mol.